The number of nitro benzene ring substituents is 2. The third-order valence-electron chi connectivity index (χ3n) is 6.76. The van der Waals surface area contributed by atoms with E-state index in [9.17, 15) is 28.6 Å². The molecule has 0 N–H and O–H groups in total. The molecule has 5 aromatic carbocycles. The van der Waals surface area contributed by atoms with Crippen molar-refractivity contribution in [2.45, 2.75) is 11.8 Å². The fourth-order valence-electron chi connectivity index (χ4n) is 4.19. The van der Waals surface area contributed by atoms with Crippen molar-refractivity contribution in [3.05, 3.63) is 177 Å². The number of rotatable bonds is 8. The lowest BCUT2D eigenvalue weighted by atomic mass is 10.1. The third kappa shape index (κ3) is 10.2. The molecule has 0 bridgehead atoms. The van der Waals surface area contributed by atoms with Crippen molar-refractivity contribution in [1.29, 1.82) is 0 Å². The second-order valence-electron chi connectivity index (χ2n) is 10.1. The van der Waals surface area contributed by atoms with Gasteiger partial charge in [-0.05, 0) is 73.2 Å². The molecule has 1 heterocycles. The summed E-state index contributed by atoms with van der Waals surface area (Å²) in [7, 11) is -3.50. The molecule has 246 valence electrons. The van der Waals surface area contributed by atoms with Gasteiger partial charge in [0.15, 0.2) is 0 Å². The zero-order valence-corrected chi connectivity index (χ0v) is 27.0. The van der Waals surface area contributed by atoms with Gasteiger partial charge in [-0.15, -0.1) is 0 Å². The molecule has 13 heteroatoms. The van der Waals surface area contributed by atoms with E-state index in [1.807, 2.05) is 72.2 Å². The third-order valence-corrected chi connectivity index (χ3v) is 7.97. The molecule has 49 heavy (non-hydrogen) atoms. The van der Waals surface area contributed by atoms with Crippen LogP contribution in [0.5, 0.6) is 0 Å². The van der Waals surface area contributed by atoms with Gasteiger partial charge in [-0.25, -0.2) is 4.98 Å². The van der Waals surface area contributed by atoms with E-state index in [4.69, 9.17) is 0 Å². The lowest BCUT2D eigenvalue weighted by Gasteiger charge is -2.07. The number of nitro groups is 2. The normalized spacial score (nSPS) is 10.6. The van der Waals surface area contributed by atoms with Gasteiger partial charge in [-0.3, -0.25) is 29.8 Å². The number of nitrogens with zero attached hydrogens (tertiary/aromatic N) is 6. The van der Waals surface area contributed by atoms with E-state index in [1.54, 1.807) is 55.1 Å². The first-order chi connectivity index (χ1) is 23.6. The molecule has 6 rings (SSSR count). The minimum Gasteiger partial charge on any atom is -0.299 e. The van der Waals surface area contributed by atoms with Crippen molar-refractivity contribution in [2.24, 2.45) is 9.39 Å². The molecule has 0 saturated heterocycles. The van der Waals surface area contributed by atoms with Crippen LogP contribution in [0.1, 0.15) is 11.1 Å². The molecule has 1 aromatic heterocycles. The van der Waals surface area contributed by atoms with Gasteiger partial charge in [0.25, 0.3) is 21.4 Å². The summed E-state index contributed by atoms with van der Waals surface area (Å²) in [6, 6.07) is 38.5. The van der Waals surface area contributed by atoms with Crippen molar-refractivity contribution in [3.8, 4) is 16.9 Å². The Morgan fingerprint density at radius 1 is 0.735 bits per heavy atom. The second kappa shape index (κ2) is 16.8. The summed E-state index contributed by atoms with van der Waals surface area (Å²) in [6.45, 7) is 4.88. The number of imidazole rings is 1. The first kappa shape index (κ1) is 35.3. The number of aromatic nitrogens is 2. The lowest BCUT2D eigenvalue weighted by molar-refractivity contribution is -0.385. The maximum atomic E-state index is 11.1. The Bertz CT molecular complexity index is 2130. The fourth-order valence-corrected chi connectivity index (χ4v) is 4.82. The van der Waals surface area contributed by atoms with Crippen LogP contribution < -0.4 is 0 Å². The Balaban J connectivity index is 0.000000171. The lowest BCUT2D eigenvalue weighted by Crippen LogP contribution is -1.95. The van der Waals surface area contributed by atoms with E-state index in [1.165, 1.54) is 36.4 Å². The number of hydrogen-bond acceptors (Lipinski definition) is 8. The highest BCUT2D eigenvalue weighted by molar-refractivity contribution is 7.90. The van der Waals surface area contributed by atoms with Gasteiger partial charge < -0.3 is 0 Å². The van der Waals surface area contributed by atoms with Crippen LogP contribution in [0.2, 0.25) is 0 Å². The van der Waals surface area contributed by atoms with Crippen LogP contribution in [0.25, 0.3) is 16.9 Å². The summed E-state index contributed by atoms with van der Waals surface area (Å²) in [5.74, 6) is 0. The van der Waals surface area contributed by atoms with Crippen LogP contribution >= 0.6 is 0 Å². The molecule has 0 aliphatic heterocycles. The molecule has 0 amide bonds. The molecule has 0 aliphatic rings. The summed E-state index contributed by atoms with van der Waals surface area (Å²) in [6.07, 6.45) is 5.15. The molecular weight excluding hydrogens is 644 g/mol. The Labute approximate surface area is 282 Å². The zero-order chi connectivity index (χ0) is 35.2. The van der Waals surface area contributed by atoms with E-state index in [-0.39, 0.29) is 16.3 Å². The molecule has 0 spiro atoms. The van der Waals surface area contributed by atoms with Crippen LogP contribution in [-0.2, 0) is 10.0 Å². The highest BCUT2D eigenvalue weighted by Crippen LogP contribution is 2.24. The maximum Gasteiger partial charge on any atom is 0.281 e. The summed E-state index contributed by atoms with van der Waals surface area (Å²) < 4.78 is 27.2. The Kier molecular flexibility index (Phi) is 12.1. The SMILES string of the molecule is C=NS(=O)(=O)c1ccc(C)cc1.O=[N+]([O-])c1ccc(-c2cncn2-c2ccccc2)cc1.O=[N+]([O-])c1ccc(C=Nc2ccccc2)cc1. The summed E-state index contributed by atoms with van der Waals surface area (Å²) >= 11 is 0. The first-order valence-electron chi connectivity index (χ1n) is 14.5. The van der Waals surface area contributed by atoms with Crippen molar-refractivity contribution in [3.63, 3.8) is 0 Å². The molecule has 0 radical (unpaired) electrons. The van der Waals surface area contributed by atoms with Gasteiger partial charge in [0, 0.05) is 48.4 Å². The maximum absolute atomic E-state index is 11.1. The van der Waals surface area contributed by atoms with Gasteiger partial charge in [0.05, 0.1) is 38.6 Å². The van der Waals surface area contributed by atoms with Gasteiger partial charge in [-0.1, -0.05) is 54.1 Å². The van der Waals surface area contributed by atoms with E-state index >= 15 is 0 Å². The summed E-state index contributed by atoms with van der Waals surface area (Å²) in [5.41, 5.74) is 5.64. The van der Waals surface area contributed by atoms with E-state index in [0.29, 0.717) is 0 Å². The van der Waals surface area contributed by atoms with E-state index in [0.717, 1.165) is 33.8 Å². The highest BCUT2D eigenvalue weighted by atomic mass is 32.2. The highest BCUT2D eigenvalue weighted by Gasteiger charge is 2.10. The minimum absolute atomic E-state index is 0.0829. The van der Waals surface area contributed by atoms with E-state index < -0.39 is 19.9 Å². The fraction of sp³-hybridized carbons (Fsp3) is 0.0278. The quantitative estimate of drug-likeness (QED) is 0.0893. The number of aryl methyl sites for hydroxylation is 1. The molecule has 0 unspecified atom stereocenters. The molecule has 0 saturated carbocycles. The smallest absolute Gasteiger partial charge is 0.281 e. The second-order valence-corrected chi connectivity index (χ2v) is 11.8. The topological polar surface area (TPSA) is 163 Å². The monoisotopic (exact) mass is 674 g/mol. The van der Waals surface area contributed by atoms with Crippen molar-refractivity contribution in [1.82, 2.24) is 9.55 Å². The van der Waals surface area contributed by atoms with Gasteiger partial charge in [0.2, 0.25) is 0 Å². The zero-order valence-electron chi connectivity index (χ0n) is 26.2. The standard InChI is InChI=1S/C15H11N3O2.C13H10N2O2.C8H9NO2S/c19-18(20)14-8-6-12(7-9-14)15-10-16-11-17(15)13-4-2-1-3-5-13;16-15(17)13-8-6-11(7-9-13)10-14-12-4-2-1-3-5-12;1-7-3-5-8(6-4-7)12(10,11)9-2/h1-11H;1-10H;3-6H,2H2,1H3. The number of aliphatic imine (C=N–C) groups is 1. The summed E-state index contributed by atoms with van der Waals surface area (Å²) in [5, 5.41) is 21.1. The Morgan fingerprint density at radius 2 is 1.27 bits per heavy atom. The largest absolute Gasteiger partial charge is 0.299 e. The first-order valence-corrected chi connectivity index (χ1v) is 16.0. The predicted octanol–water partition coefficient (Wildman–Crippen LogP) is 8.18. The van der Waals surface area contributed by atoms with Crippen molar-refractivity contribution >= 4 is 40.0 Å². The molecular formula is C36H30N6O6S. The molecule has 0 atom stereocenters. The molecule has 6 aromatic rings. The van der Waals surface area contributed by atoms with Gasteiger partial charge in [-0.2, -0.15) is 12.8 Å². The van der Waals surface area contributed by atoms with Gasteiger partial charge in [0.1, 0.15) is 0 Å². The molecule has 0 aliphatic carbocycles. The number of sulfonamides is 1. The number of para-hydroxylation sites is 2. The number of benzene rings is 5. The Hall–Kier alpha value is -6.60. The summed E-state index contributed by atoms with van der Waals surface area (Å²) in [4.78, 5) is 28.9. The van der Waals surface area contributed by atoms with Crippen LogP contribution in [0, 0.1) is 27.2 Å². The number of hydrogen-bond donors (Lipinski definition) is 0. The van der Waals surface area contributed by atoms with Crippen LogP contribution in [-0.4, -0.2) is 40.7 Å². The van der Waals surface area contributed by atoms with Crippen LogP contribution in [0.4, 0.5) is 17.1 Å². The van der Waals surface area contributed by atoms with Crippen LogP contribution in [0.3, 0.4) is 0 Å². The average Bonchev–Trinajstić information content (AvgIpc) is 3.63. The Morgan fingerprint density at radius 3 is 1.80 bits per heavy atom. The number of non-ortho nitro benzene ring substituents is 2. The van der Waals surface area contributed by atoms with E-state index in [2.05, 4.69) is 21.1 Å². The van der Waals surface area contributed by atoms with Crippen molar-refractivity contribution in [2.75, 3.05) is 0 Å². The predicted molar refractivity (Wildman–Crippen MR) is 190 cm³/mol. The molecule has 12 nitrogen and oxygen atoms in total. The minimum atomic E-state index is -3.50. The van der Waals surface area contributed by atoms with Crippen LogP contribution in [0.15, 0.2) is 160 Å². The average molecular weight is 675 g/mol. The van der Waals surface area contributed by atoms with Crippen molar-refractivity contribution < 1.29 is 18.3 Å². The van der Waals surface area contributed by atoms with Gasteiger partial charge >= 0.3 is 0 Å². The molecule has 0 fully saturated rings.